The molecule has 0 aliphatic rings. The monoisotopic (exact) mass is 664 g/mol. The van der Waals surface area contributed by atoms with Crippen LogP contribution in [0.5, 0.6) is 0 Å². The molecule has 1 rings (SSSR count). The van der Waals surface area contributed by atoms with Gasteiger partial charge in [-0.1, -0.05) is 12.7 Å². The second-order valence-electron chi connectivity index (χ2n) is 9.48. The Labute approximate surface area is 273 Å². The molecular weight excluding hydrogens is 612 g/mol. The predicted octanol–water partition coefficient (Wildman–Crippen LogP) is 2.50. The van der Waals surface area contributed by atoms with Crippen LogP contribution in [0.3, 0.4) is 0 Å². The molecule has 14 heteroatoms. The van der Waals surface area contributed by atoms with Crippen molar-refractivity contribution in [1.29, 1.82) is 0 Å². The maximum atomic E-state index is 12.0. The van der Waals surface area contributed by atoms with Crippen LogP contribution >= 0.6 is 12.4 Å². The Hall–Kier alpha value is -2.20. The topological polar surface area (TPSA) is 153 Å². The largest absolute Gasteiger partial charge is 0.481 e. The quantitative estimate of drug-likeness (QED) is 0.109. The molecule has 0 spiro atoms. The molecule has 2 N–H and O–H groups in total. The van der Waals surface area contributed by atoms with Crippen LogP contribution in [0.1, 0.15) is 36.2 Å². The van der Waals surface area contributed by atoms with Crippen LogP contribution < -0.4 is 5.32 Å². The Morgan fingerprint density at radius 3 is 1.56 bits per heavy atom. The van der Waals surface area contributed by atoms with Crippen LogP contribution in [0.4, 0.5) is 0 Å². The van der Waals surface area contributed by atoms with Crippen LogP contribution in [0.2, 0.25) is 0 Å². The fraction of sp³-hybridized carbons (Fsp3) is 0.710. The summed E-state index contributed by atoms with van der Waals surface area (Å²) >= 11 is 0. The van der Waals surface area contributed by atoms with Gasteiger partial charge in [0.25, 0.3) is 0 Å². The number of nitrogens with one attached hydrogen (secondary N) is 1. The molecule has 0 saturated heterocycles. The number of carboxylic acids is 1. The number of aliphatic carboxylic acids is 1. The average molecular weight is 665 g/mol. The number of aryl methyl sites for hydroxylation is 2. The van der Waals surface area contributed by atoms with Gasteiger partial charge in [-0.25, -0.2) is 0 Å². The number of carbonyl (C=O) groups excluding carboxylic acids is 1. The van der Waals surface area contributed by atoms with E-state index in [1.165, 1.54) is 0 Å². The maximum absolute atomic E-state index is 12.0. The van der Waals surface area contributed by atoms with E-state index in [2.05, 4.69) is 16.9 Å². The fourth-order valence-electron chi connectivity index (χ4n) is 3.57. The molecular formula is C31H53ClN2O11. The summed E-state index contributed by atoms with van der Waals surface area (Å²) in [7, 11) is 0. The van der Waals surface area contributed by atoms with Gasteiger partial charge in [0.15, 0.2) is 0 Å². The molecule has 13 nitrogen and oxygen atoms in total. The molecule has 1 amide bonds. The highest BCUT2D eigenvalue weighted by atomic mass is 35.5. The lowest BCUT2D eigenvalue weighted by molar-refractivity contribution is -0.137. The third-order valence-corrected chi connectivity index (χ3v) is 5.72. The number of carbonyl (C=O) groups is 2. The minimum atomic E-state index is -0.814. The Kier molecular flexibility index (Phi) is 30.2. The fourth-order valence-corrected chi connectivity index (χ4v) is 3.57. The van der Waals surface area contributed by atoms with Crippen molar-refractivity contribution in [1.82, 2.24) is 10.3 Å². The molecule has 0 aliphatic heterocycles. The van der Waals surface area contributed by atoms with Gasteiger partial charge in [0.1, 0.15) is 0 Å². The molecule has 1 heterocycles. The number of nitrogens with zero attached hydrogens (tertiary/aromatic N) is 1. The van der Waals surface area contributed by atoms with Crippen molar-refractivity contribution < 1.29 is 52.6 Å². The van der Waals surface area contributed by atoms with E-state index in [1.54, 1.807) is 6.08 Å². The average Bonchev–Trinajstić information content (AvgIpc) is 3.00. The van der Waals surface area contributed by atoms with E-state index in [-0.39, 0.29) is 24.7 Å². The molecule has 0 aromatic carbocycles. The minimum absolute atomic E-state index is 0. The number of pyridine rings is 1. The van der Waals surface area contributed by atoms with Crippen molar-refractivity contribution in [2.24, 2.45) is 0 Å². The molecule has 1 aromatic heterocycles. The van der Waals surface area contributed by atoms with Crippen molar-refractivity contribution in [2.75, 3.05) is 112 Å². The van der Waals surface area contributed by atoms with E-state index < -0.39 is 5.97 Å². The van der Waals surface area contributed by atoms with E-state index in [4.69, 9.17) is 43.0 Å². The second kappa shape index (κ2) is 31.8. The Bertz CT molecular complexity index is 880. The van der Waals surface area contributed by atoms with Crippen LogP contribution in [-0.2, 0) is 53.9 Å². The van der Waals surface area contributed by atoms with E-state index in [1.807, 2.05) is 19.1 Å². The molecule has 0 aliphatic carbocycles. The number of hydrogen-bond acceptors (Lipinski definition) is 11. The van der Waals surface area contributed by atoms with E-state index in [0.717, 1.165) is 17.0 Å². The van der Waals surface area contributed by atoms with Gasteiger partial charge >= 0.3 is 5.97 Å². The standard InChI is InChI=1S/C31H52N2O11.ClH/c1-3-28-25-27(2)33-29(26-28)6-7-30(34)32-8-10-38-12-14-40-16-18-42-20-22-44-24-23-43-21-19-41-17-15-39-13-11-37-9-4-5-31(35)36;/h3,25-26H,1,4-24H2,2H3,(H,32,34)(H,35,36);1H. The summed E-state index contributed by atoms with van der Waals surface area (Å²) in [6, 6.07) is 3.91. The highest BCUT2D eigenvalue weighted by Gasteiger charge is 2.04. The van der Waals surface area contributed by atoms with Gasteiger partial charge in [-0.2, -0.15) is 0 Å². The number of hydrogen-bond donors (Lipinski definition) is 2. The highest BCUT2D eigenvalue weighted by Crippen LogP contribution is 2.08. The van der Waals surface area contributed by atoms with Crippen molar-refractivity contribution in [3.63, 3.8) is 0 Å². The predicted molar refractivity (Wildman–Crippen MR) is 171 cm³/mol. The van der Waals surface area contributed by atoms with Crippen LogP contribution in [0.15, 0.2) is 18.7 Å². The highest BCUT2D eigenvalue weighted by molar-refractivity contribution is 5.85. The third-order valence-electron chi connectivity index (χ3n) is 5.72. The lowest BCUT2D eigenvalue weighted by Crippen LogP contribution is -2.28. The smallest absolute Gasteiger partial charge is 0.303 e. The molecule has 0 saturated carbocycles. The first kappa shape index (κ1) is 42.8. The SMILES string of the molecule is C=Cc1cc(C)nc(CCC(=O)NCCOCCOCCOCCOCCOCCOCCOCCOCCCC(=O)O)c1.Cl. The Morgan fingerprint density at radius 2 is 1.13 bits per heavy atom. The number of aromatic nitrogens is 1. The number of carboxylic acid groups (broad SMARTS) is 1. The summed E-state index contributed by atoms with van der Waals surface area (Å²) in [5.41, 5.74) is 2.81. The molecule has 0 fully saturated rings. The van der Waals surface area contributed by atoms with Gasteiger partial charge in [-0.15, -0.1) is 12.4 Å². The van der Waals surface area contributed by atoms with E-state index in [0.29, 0.717) is 132 Å². The first-order valence-electron chi connectivity index (χ1n) is 15.2. The van der Waals surface area contributed by atoms with Crippen molar-refractivity contribution in [3.8, 4) is 0 Å². The molecule has 0 radical (unpaired) electrons. The van der Waals surface area contributed by atoms with Gasteiger partial charge in [0.2, 0.25) is 5.91 Å². The summed E-state index contributed by atoms with van der Waals surface area (Å²) in [6.07, 6.45) is 3.36. The zero-order valence-corrected chi connectivity index (χ0v) is 27.5. The number of amides is 1. The van der Waals surface area contributed by atoms with Gasteiger partial charge in [0.05, 0.1) is 99.1 Å². The number of ether oxygens (including phenoxy) is 8. The third kappa shape index (κ3) is 29.0. The van der Waals surface area contributed by atoms with Gasteiger partial charge in [-0.3, -0.25) is 14.6 Å². The zero-order valence-electron chi connectivity index (χ0n) is 26.7. The molecule has 0 unspecified atom stereocenters. The van der Waals surface area contributed by atoms with Crippen molar-refractivity contribution >= 4 is 30.4 Å². The molecule has 45 heavy (non-hydrogen) atoms. The van der Waals surface area contributed by atoms with Crippen LogP contribution in [0.25, 0.3) is 6.08 Å². The Morgan fingerprint density at radius 1 is 0.711 bits per heavy atom. The first-order valence-corrected chi connectivity index (χ1v) is 15.2. The zero-order chi connectivity index (χ0) is 31.9. The maximum Gasteiger partial charge on any atom is 0.303 e. The van der Waals surface area contributed by atoms with Gasteiger partial charge in [-0.05, 0) is 37.5 Å². The van der Waals surface area contributed by atoms with Crippen LogP contribution in [-0.4, -0.2) is 134 Å². The first-order chi connectivity index (χ1) is 21.5. The normalized spacial score (nSPS) is 10.9. The Balaban J connectivity index is 0.0000194. The summed E-state index contributed by atoms with van der Waals surface area (Å²) < 4.78 is 43.3. The van der Waals surface area contributed by atoms with Gasteiger partial charge in [0, 0.05) is 37.4 Å². The van der Waals surface area contributed by atoms with Crippen molar-refractivity contribution in [2.45, 2.75) is 32.6 Å². The van der Waals surface area contributed by atoms with E-state index in [9.17, 15) is 9.59 Å². The molecule has 260 valence electrons. The summed E-state index contributed by atoms with van der Waals surface area (Å²) in [4.78, 5) is 26.8. The second-order valence-corrected chi connectivity index (χ2v) is 9.48. The minimum Gasteiger partial charge on any atom is -0.481 e. The lowest BCUT2D eigenvalue weighted by atomic mass is 10.1. The number of rotatable bonds is 32. The number of halogens is 1. The lowest BCUT2D eigenvalue weighted by Gasteiger charge is -2.09. The summed E-state index contributed by atoms with van der Waals surface area (Å²) in [6.45, 7) is 13.6. The molecule has 0 atom stereocenters. The van der Waals surface area contributed by atoms with Gasteiger partial charge < -0.3 is 48.3 Å². The summed E-state index contributed by atoms with van der Waals surface area (Å²) in [5, 5.41) is 11.4. The van der Waals surface area contributed by atoms with Crippen molar-refractivity contribution in [3.05, 3.63) is 35.7 Å². The van der Waals surface area contributed by atoms with E-state index >= 15 is 0 Å². The van der Waals surface area contributed by atoms with Crippen LogP contribution in [0, 0.1) is 6.92 Å². The summed E-state index contributed by atoms with van der Waals surface area (Å²) in [5.74, 6) is -0.844. The molecule has 1 aromatic rings. The molecule has 0 bridgehead atoms.